The highest BCUT2D eigenvalue weighted by Crippen LogP contribution is 2.29. The Labute approximate surface area is 149 Å². The highest BCUT2D eigenvalue weighted by Gasteiger charge is 2.16. The molecule has 7 nitrogen and oxygen atoms in total. The normalized spacial score (nSPS) is 9.96. The zero-order valence-corrected chi connectivity index (χ0v) is 13.5. The quantitative estimate of drug-likeness (QED) is 0.489. The van der Waals surface area contributed by atoms with Crippen molar-refractivity contribution >= 4 is 5.69 Å². The number of pyridine rings is 1. The van der Waals surface area contributed by atoms with E-state index < -0.39 is 4.92 Å². The number of ether oxygens (including phenoxy) is 2. The molecule has 7 heteroatoms. The zero-order chi connectivity index (χ0) is 18.4. The minimum Gasteiger partial charge on any atom is -0.489 e. The van der Waals surface area contributed by atoms with Crippen LogP contribution in [0.15, 0.2) is 66.9 Å². The van der Waals surface area contributed by atoms with Gasteiger partial charge in [-0.2, -0.15) is 5.26 Å². The van der Waals surface area contributed by atoms with Crippen LogP contribution in [0.1, 0.15) is 11.1 Å². The summed E-state index contributed by atoms with van der Waals surface area (Å²) in [6, 6.07) is 18.7. The number of benzene rings is 2. The lowest BCUT2D eigenvalue weighted by molar-refractivity contribution is -0.386. The van der Waals surface area contributed by atoms with E-state index in [0.717, 1.165) is 5.56 Å². The Morgan fingerprint density at radius 3 is 2.38 bits per heavy atom. The molecular weight excluding hydrogens is 334 g/mol. The number of rotatable bonds is 6. The van der Waals surface area contributed by atoms with Crippen LogP contribution in [0.5, 0.6) is 17.4 Å². The Balaban J connectivity index is 1.63. The van der Waals surface area contributed by atoms with Gasteiger partial charge in [-0.05, 0) is 48.0 Å². The van der Waals surface area contributed by atoms with E-state index in [1.54, 1.807) is 36.4 Å². The molecule has 2 aromatic carbocycles. The van der Waals surface area contributed by atoms with Crippen molar-refractivity contribution in [1.82, 2.24) is 4.98 Å². The lowest BCUT2D eigenvalue weighted by Gasteiger charge is -2.08. The van der Waals surface area contributed by atoms with Gasteiger partial charge >= 0.3 is 5.69 Å². The third-order valence-electron chi connectivity index (χ3n) is 3.47. The second-order valence-electron chi connectivity index (χ2n) is 5.26. The van der Waals surface area contributed by atoms with E-state index in [0.29, 0.717) is 23.7 Å². The second-order valence-corrected chi connectivity index (χ2v) is 5.26. The fourth-order valence-electron chi connectivity index (χ4n) is 2.16. The minimum absolute atomic E-state index is 0.0660. The van der Waals surface area contributed by atoms with Crippen LogP contribution in [-0.4, -0.2) is 9.91 Å². The molecule has 0 saturated carbocycles. The van der Waals surface area contributed by atoms with Crippen LogP contribution >= 0.6 is 0 Å². The molecule has 0 N–H and O–H groups in total. The summed E-state index contributed by atoms with van der Waals surface area (Å²) in [5.74, 6) is 0.971. The molecule has 0 aliphatic rings. The van der Waals surface area contributed by atoms with Crippen molar-refractivity contribution in [3.05, 3.63) is 88.1 Å². The first-order chi connectivity index (χ1) is 12.7. The Hall–Kier alpha value is -3.92. The fraction of sp³-hybridized carbons (Fsp3) is 0.0526. The topological polar surface area (TPSA) is 98.3 Å². The van der Waals surface area contributed by atoms with Crippen molar-refractivity contribution in [3.63, 3.8) is 0 Å². The molecule has 0 fully saturated rings. The molecule has 3 aromatic rings. The standard InChI is InChI=1S/C19H13N3O4/c20-12-14-3-5-15(6-4-14)13-25-16-7-9-17(10-8-16)26-19-18(22(23)24)2-1-11-21-19/h1-11H,13H2. The summed E-state index contributed by atoms with van der Waals surface area (Å²) in [6.45, 7) is 0.359. The molecule has 0 aliphatic heterocycles. The molecule has 26 heavy (non-hydrogen) atoms. The van der Waals surface area contributed by atoms with Crippen molar-refractivity contribution in [1.29, 1.82) is 5.26 Å². The van der Waals surface area contributed by atoms with Crippen LogP contribution in [0.25, 0.3) is 0 Å². The molecule has 0 unspecified atom stereocenters. The molecule has 0 atom stereocenters. The lowest BCUT2D eigenvalue weighted by atomic mass is 10.2. The zero-order valence-electron chi connectivity index (χ0n) is 13.5. The van der Waals surface area contributed by atoms with Gasteiger partial charge in [0, 0.05) is 12.3 Å². The van der Waals surface area contributed by atoms with E-state index in [9.17, 15) is 10.1 Å². The van der Waals surface area contributed by atoms with Crippen LogP contribution in [0.2, 0.25) is 0 Å². The molecule has 3 rings (SSSR count). The highest BCUT2D eigenvalue weighted by atomic mass is 16.6. The summed E-state index contributed by atoms with van der Waals surface area (Å²) in [7, 11) is 0. The average molecular weight is 347 g/mol. The van der Waals surface area contributed by atoms with Crippen LogP contribution in [0.3, 0.4) is 0 Å². The molecule has 0 aliphatic carbocycles. The molecule has 0 spiro atoms. The summed E-state index contributed by atoms with van der Waals surface area (Å²) < 4.78 is 11.1. The second kappa shape index (κ2) is 7.77. The highest BCUT2D eigenvalue weighted by molar-refractivity contribution is 5.43. The fourth-order valence-corrected chi connectivity index (χ4v) is 2.16. The number of aromatic nitrogens is 1. The summed E-state index contributed by atoms with van der Waals surface area (Å²) >= 11 is 0. The SMILES string of the molecule is N#Cc1ccc(COc2ccc(Oc3ncccc3[N+](=O)[O-])cc2)cc1. The van der Waals surface area contributed by atoms with Crippen LogP contribution in [-0.2, 0) is 6.61 Å². The Kier molecular flexibility index (Phi) is 5.05. The molecule has 0 bridgehead atoms. The Bertz CT molecular complexity index is 948. The Morgan fingerprint density at radius 2 is 1.73 bits per heavy atom. The van der Waals surface area contributed by atoms with Gasteiger partial charge in [0.15, 0.2) is 0 Å². The first kappa shape index (κ1) is 16.9. The maximum Gasteiger partial charge on any atom is 0.331 e. The summed E-state index contributed by atoms with van der Waals surface area (Å²) in [6.07, 6.45) is 1.43. The lowest BCUT2D eigenvalue weighted by Crippen LogP contribution is -1.96. The molecule has 0 amide bonds. The third kappa shape index (κ3) is 4.13. The van der Waals surface area contributed by atoms with Gasteiger partial charge in [-0.3, -0.25) is 10.1 Å². The molecule has 1 aromatic heterocycles. The number of nitro groups is 1. The van der Waals surface area contributed by atoms with E-state index in [-0.39, 0.29) is 11.6 Å². The molecule has 0 radical (unpaired) electrons. The van der Waals surface area contributed by atoms with Gasteiger partial charge < -0.3 is 9.47 Å². The van der Waals surface area contributed by atoms with E-state index in [1.165, 1.54) is 18.3 Å². The van der Waals surface area contributed by atoms with Crippen LogP contribution in [0.4, 0.5) is 5.69 Å². The van der Waals surface area contributed by atoms with Gasteiger partial charge in [-0.15, -0.1) is 0 Å². The van der Waals surface area contributed by atoms with Crippen molar-refractivity contribution in [3.8, 4) is 23.4 Å². The summed E-state index contributed by atoms with van der Waals surface area (Å²) in [4.78, 5) is 14.3. The third-order valence-corrected chi connectivity index (χ3v) is 3.47. The van der Waals surface area contributed by atoms with Crippen molar-refractivity contribution < 1.29 is 14.4 Å². The maximum absolute atomic E-state index is 11.0. The first-order valence-electron chi connectivity index (χ1n) is 7.65. The van der Waals surface area contributed by atoms with E-state index in [1.807, 2.05) is 12.1 Å². The van der Waals surface area contributed by atoms with E-state index in [2.05, 4.69) is 11.1 Å². The Morgan fingerprint density at radius 1 is 1.04 bits per heavy atom. The summed E-state index contributed by atoms with van der Waals surface area (Å²) in [5, 5.41) is 19.8. The van der Waals surface area contributed by atoms with Gasteiger partial charge in [-0.25, -0.2) is 4.98 Å². The summed E-state index contributed by atoms with van der Waals surface area (Å²) in [5.41, 5.74) is 1.33. The van der Waals surface area contributed by atoms with E-state index >= 15 is 0 Å². The van der Waals surface area contributed by atoms with Gasteiger partial charge in [0.2, 0.25) is 0 Å². The molecule has 0 saturated heterocycles. The predicted molar refractivity (Wildman–Crippen MR) is 92.9 cm³/mol. The van der Waals surface area contributed by atoms with E-state index in [4.69, 9.17) is 14.7 Å². The number of hydrogen-bond acceptors (Lipinski definition) is 6. The maximum atomic E-state index is 11.0. The largest absolute Gasteiger partial charge is 0.489 e. The molecular formula is C19H13N3O4. The van der Waals surface area contributed by atoms with Crippen molar-refractivity contribution in [2.45, 2.75) is 6.61 Å². The van der Waals surface area contributed by atoms with Gasteiger partial charge in [0.05, 0.1) is 16.6 Å². The minimum atomic E-state index is -0.544. The number of nitriles is 1. The molecule has 128 valence electrons. The van der Waals surface area contributed by atoms with Gasteiger partial charge in [0.25, 0.3) is 5.88 Å². The van der Waals surface area contributed by atoms with Crippen molar-refractivity contribution in [2.75, 3.05) is 0 Å². The average Bonchev–Trinajstić information content (AvgIpc) is 2.68. The number of nitrogens with zero attached hydrogens (tertiary/aromatic N) is 3. The van der Waals surface area contributed by atoms with Crippen molar-refractivity contribution in [2.24, 2.45) is 0 Å². The first-order valence-corrected chi connectivity index (χ1v) is 7.65. The number of hydrogen-bond donors (Lipinski definition) is 0. The van der Waals surface area contributed by atoms with Crippen LogP contribution in [0, 0.1) is 21.4 Å². The molecule has 1 heterocycles. The smallest absolute Gasteiger partial charge is 0.331 e. The monoisotopic (exact) mass is 347 g/mol. The van der Waals surface area contributed by atoms with Gasteiger partial charge in [-0.1, -0.05) is 12.1 Å². The predicted octanol–water partition coefficient (Wildman–Crippen LogP) is 4.23. The van der Waals surface area contributed by atoms with Gasteiger partial charge in [0.1, 0.15) is 18.1 Å². The van der Waals surface area contributed by atoms with Crippen LogP contribution < -0.4 is 9.47 Å².